The molecule has 2 unspecified atom stereocenters. The van der Waals surface area contributed by atoms with Gasteiger partial charge in [-0.2, -0.15) is 0 Å². The zero-order valence-corrected chi connectivity index (χ0v) is 12.7. The molecule has 0 aromatic heterocycles. The van der Waals surface area contributed by atoms with Gasteiger partial charge in [0.25, 0.3) is 5.91 Å². The van der Waals surface area contributed by atoms with Crippen LogP contribution >= 0.6 is 0 Å². The van der Waals surface area contributed by atoms with E-state index >= 15 is 0 Å². The third-order valence-corrected chi connectivity index (χ3v) is 4.84. The lowest BCUT2D eigenvalue weighted by molar-refractivity contribution is 0.0687. The number of hydrogen-bond acceptors (Lipinski definition) is 3. The number of rotatable bonds is 3. The zero-order valence-electron chi connectivity index (χ0n) is 12.7. The fraction of sp³-hybridized carbons (Fsp3) is 0.588. The van der Waals surface area contributed by atoms with E-state index in [2.05, 4.69) is 0 Å². The van der Waals surface area contributed by atoms with E-state index in [1.165, 1.54) is 19.3 Å². The molecular formula is C17H24N2O2. The predicted octanol–water partition coefficient (Wildman–Crippen LogP) is 3.07. The Hall–Kier alpha value is -1.71. The summed E-state index contributed by atoms with van der Waals surface area (Å²) in [6.45, 7) is 3.31. The molecule has 2 aliphatic rings. The van der Waals surface area contributed by atoms with Crippen LogP contribution in [0.25, 0.3) is 0 Å². The molecular weight excluding hydrogens is 264 g/mol. The van der Waals surface area contributed by atoms with Gasteiger partial charge in [-0.3, -0.25) is 4.79 Å². The first kappa shape index (κ1) is 14.2. The van der Waals surface area contributed by atoms with Crippen molar-refractivity contribution in [2.24, 2.45) is 5.92 Å². The number of amides is 1. The van der Waals surface area contributed by atoms with E-state index in [1.54, 1.807) is 6.07 Å². The highest BCUT2D eigenvalue weighted by atomic mass is 16.5. The van der Waals surface area contributed by atoms with E-state index in [9.17, 15) is 4.79 Å². The fourth-order valence-electron chi connectivity index (χ4n) is 3.85. The van der Waals surface area contributed by atoms with E-state index in [1.807, 2.05) is 24.0 Å². The van der Waals surface area contributed by atoms with E-state index in [0.717, 1.165) is 19.4 Å². The quantitative estimate of drug-likeness (QED) is 0.870. The summed E-state index contributed by atoms with van der Waals surface area (Å²) in [4.78, 5) is 15.0. The van der Waals surface area contributed by atoms with Crippen LogP contribution in [0.2, 0.25) is 0 Å². The molecule has 4 heteroatoms. The van der Waals surface area contributed by atoms with E-state index < -0.39 is 0 Å². The molecule has 2 fully saturated rings. The molecule has 4 nitrogen and oxygen atoms in total. The molecule has 0 radical (unpaired) electrons. The van der Waals surface area contributed by atoms with Crippen molar-refractivity contribution in [3.8, 4) is 5.75 Å². The van der Waals surface area contributed by atoms with Crippen LogP contribution in [0.5, 0.6) is 5.75 Å². The summed E-state index contributed by atoms with van der Waals surface area (Å²) in [5.41, 5.74) is 7.13. The first-order chi connectivity index (χ1) is 10.2. The van der Waals surface area contributed by atoms with E-state index in [0.29, 0.717) is 35.6 Å². The summed E-state index contributed by atoms with van der Waals surface area (Å²) in [5, 5.41) is 0. The number of anilines is 1. The Bertz CT molecular complexity index is 530. The molecule has 0 bridgehead atoms. The Kier molecular flexibility index (Phi) is 4.04. The number of nitrogens with two attached hydrogens (primary N) is 1. The highest BCUT2D eigenvalue weighted by molar-refractivity contribution is 6.02. The molecule has 1 saturated carbocycles. The average molecular weight is 288 g/mol. The van der Waals surface area contributed by atoms with Crippen LogP contribution in [-0.2, 0) is 0 Å². The maximum atomic E-state index is 13.0. The van der Waals surface area contributed by atoms with Gasteiger partial charge in [-0.05, 0) is 44.2 Å². The van der Waals surface area contributed by atoms with Crippen LogP contribution in [0.15, 0.2) is 18.2 Å². The van der Waals surface area contributed by atoms with Crippen LogP contribution < -0.4 is 10.5 Å². The minimum absolute atomic E-state index is 0.0472. The summed E-state index contributed by atoms with van der Waals surface area (Å²) in [5.74, 6) is 1.34. The lowest BCUT2D eigenvalue weighted by Crippen LogP contribution is -2.39. The number of nitrogen functional groups attached to an aromatic ring is 1. The molecule has 1 aromatic carbocycles. The fourth-order valence-corrected chi connectivity index (χ4v) is 3.85. The second-order valence-corrected chi connectivity index (χ2v) is 6.05. The van der Waals surface area contributed by atoms with Crippen LogP contribution in [0, 0.1) is 5.92 Å². The number of likely N-dealkylation sites (tertiary alicyclic amines) is 1. The number of carbonyl (C=O) groups excluding carboxylic acids is 1. The van der Waals surface area contributed by atoms with Gasteiger partial charge in [0.15, 0.2) is 0 Å². The van der Waals surface area contributed by atoms with Crippen molar-refractivity contribution in [3.63, 3.8) is 0 Å². The summed E-state index contributed by atoms with van der Waals surface area (Å²) < 4.78 is 5.61. The smallest absolute Gasteiger partial charge is 0.259 e. The average Bonchev–Trinajstić information content (AvgIpc) is 2.91. The van der Waals surface area contributed by atoms with Crippen LogP contribution in [-0.4, -0.2) is 30.0 Å². The van der Waals surface area contributed by atoms with Gasteiger partial charge in [0.1, 0.15) is 11.3 Å². The monoisotopic (exact) mass is 288 g/mol. The van der Waals surface area contributed by atoms with Gasteiger partial charge < -0.3 is 15.4 Å². The zero-order chi connectivity index (χ0) is 14.8. The largest absolute Gasteiger partial charge is 0.493 e. The van der Waals surface area contributed by atoms with Crippen molar-refractivity contribution in [3.05, 3.63) is 23.8 Å². The number of carbonyl (C=O) groups is 1. The topological polar surface area (TPSA) is 55.6 Å². The molecule has 21 heavy (non-hydrogen) atoms. The van der Waals surface area contributed by atoms with Gasteiger partial charge in [0.2, 0.25) is 0 Å². The molecule has 2 atom stereocenters. The van der Waals surface area contributed by atoms with Crippen molar-refractivity contribution < 1.29 is 9.53 Å². The van der Waals surface area contributed by atoms with E-state index in [-0.39, 0.29) is 5.91 Å². The van der Waals surface area contributed by atoms with Crippen molar-refractivity contribution in [1.82, 2.24) is 4.90 Å². The SMILES string of the molecule is CCOc1cccc(N)c1C(=O)N1CCC2CCCCC21. The molecule has 2 N–H and O–H groups in total. The van der Waals surface area contributed by atoms with Gasteiger partial charge in [0.05, 0.1) is 6.61 Å². The maximum absolute atomic E-state index is 13.0. The second-order valence-electron chi connectivity index (χ2n) is 6.05. The lowest BCUT2D eigenvalue weighted by Gasteiger charge is -2.32. The van der Waals surface area contributed by atoms with Crippen LogP contribution in [0.1, 0.15) is 49.4 Å². The van der Waals surface area contributed by atoms with Gasteiger partial charge >= 0.3 is 0 Å². The first-order valence-electron chi connectivity index (χ1n) is 8.04. The Morgan fingerprint density at radius 2 is 2.14 bits per heavy atom. The highest BCUT2D eigenvalue weighted by Crippen LogP contribution is 2.38. The third kappa shape index (κ3) is 2.59. The number of fused-ring (bicyclic) bond motifs is 1. The summed E-state index contributed by atoms with van der Waals surface area (Å²) in [6, 6.07) is 5.86. The molecule has 1 aliphatic carbocycles. The number of nitrogens with zero attached hydrogens (tertiary/aromatic N) is 1. The molecule has 1 aromatic rings. The van der Waals surface area contributed by atoms with Crippen molar-refractivity contribution in [2.75, 3.05) is 18.9 Å². The van der Waals surface area contributed by atoms with Crippen molar-refractivity contribution >= 4 is 11.6 Å². The minimum atomic E-state index is 0.0472. The highest BCUT2D eigenvalue weighted by Gasteiger charge is 2.39. The van der Waals surface area contributed by atoms with Crippen molar-refractivity contribution in [2.45, 2.75) is 45.1 Å². The number of ether oxygens (including phenoxy) is 1. The van der Waals surface area contributed by atoms with Crippen LogP contribution in [0.4, 0.5) is 5.69 Å². The Morgan fingerprint density at radius 1 is 1.33 bits per heavy atom. The number of hydrogen-bond donors (Lipinski definition) is 1. The van der Waals surface area contributed by atoms with Gasteiger partial charge in [-0.1, -0.05) is 18.9 Å². The first-order valence-corrected chi connectivity index (χ1v) is 8.04. The Labute approximate surface area is 126 Å². The second kappa shape index (κ2) is 5.96. The van der Waals surface area contributed by atoms with Crippen LogP contribution in [0.3, 0.4) is 0 Å². The van der Waals surface area contributed by atoms with E-state index in [4.69, 9.17) is 10.5 Å². The standard InChI is InChI=1S/C17H24N2O2/c1-2-21-15-9-5-7-13(18)16(15)17(20)19-11-10-12-6-3-4-8-14(12)19/h5,7,9,12,14H,2-4,6,8,10-11,18H2,1H3. The normalized spacial score (nSPS) is 24.7. The summed E-state index contributed by atoms with van der Waals surface area (Å²) in [7, 11) is 0. The minimum Gasteiger partial charge on any atom is -0.493 e. The number of benzene rings is 1. The van der Waals surface area contributed by atoms with Gasteiger partial charge in [-0.25, -0.2) is 0 Å². The van der Waals surface area contributed by atoms with Gasteiger partial charge in [0, 0.05) is 18.3 Å². The Morgan fingerprint density at radius 3 is 2.95 bits per heavy atom. The molecule has 1 heterocycles. The molecule has 114 valence electrons. The molecule has 1 aliphatic heterocycles. The molecule has 0 spiro atoms. The van der Waals surface area contributed by atoms with Crippen molar-refractivity contribution in [1.29, 1.82) is 0 Å². The summed E-state index contributed by atoms with van der Waals surface area (Å²) in [6.07, 6.45) is 6.06. The lowest BCUT2D eigenvalue weighted by atomic mass is 9.85. The van der Waals surface area contributed by atoms with Gasteiger partial charge in [-0.15, -0.1) is 0 Å². The molecule has 1 amide bonds. The molecule has 3 rings (SSSR count). The summed E-state index contributed by atoms with van der Waals surface area (Å²) >= 11 is 0. The maximum Gasteiger partial charge on any atom is 0.259 e. The predicted molar refractivity (Wildman–Crippen MR) is 83.4 cm³/mol. The Balaban J connectivity index is 1.88. The third-order valence-electron chi connectivity index (χ3n) is 4.84. The molecule has 1 saturated heterocycles.